The van der Waals surface area contributed by atoms with Crippen LogP contribution in [0.1, 0.15) is 12.1 Å². The predicted octanol–water partition coefficient (Wildman–Crippen LogP) is 1.38. The van der Waals surface area contributed by atoms with Gasteiger partial charge in [-0.3, -0.25) is 0 Å². The molecule has 0 spiro atoms. The molecule has 0 saturated heterocycles. The van der Waals surface area contributed by atoms with Crippen LogP contribution in [0.25, 0.3) is 0 Å². The SMILES string of the molecule is CNc1c[nH]c2c1OCCC2. The van der Waals surface area contributed by atoms with Gasteiger partial charge in [-0.05, 0) is 12.8 Å². The Balaban J connectivity index is 2.38. The van der Waals surface area contributed by atoms with Gasteiger partial charge in [0.2, 0.25) is 0 Å². The van der Waals surface area contributed by atoms with Gasteiger partial charge in [-0.2, -0.15) is 0 Å². The lowest BCUT2D eigenvalue weighted by Gasteiger charge is -2.14. The summed E-state index contributed by atoms with van der Waals surface area (Å²) >= 11 is 0. The monoisotopic (exact) mass is 152 g/mol. The van der Waals surface area contributed by atoms with E-state index in [1.165, 1.54) is 5.69 Å². The van der Waals surface area contributed by atoms with Gasteiger partial charge < -0.3 is 15.0 Å². The van der Waals surface area contributed by atoms with E-state index in [1.54, 1.807) is 0 Å². The molecule has 0 atom stereocenters. The molecule has 1 aliphatic heterocycles. The first-order chi connectivity index (χ1) is 5.42. The zero-order valence-corrected chi connectivity index (χ0v) is 6.61. The van der Waals surface area contributed by atoms with E-state index in [-0.39, 0.29) is 0 Å². The van der Waals surface area contributed by atoms with Crippen LogP contribution in [0, 0.1) is 0 Å². The van der Waals surface area contributed by atoms with E-state index < -0.39 is 0 Å². The maximum atomic E-state index is 5.49. The molecule has 2 N–H and O–H groups in total. The number of fused-ring (bicyclic) bond motifs is 1. The van der Waals surface area contributed by atoms with E-state index in [4.69, 9.17) is 4.74 Å². The van der Waals surface area contributed by atoms with E-state index in [2.05, 4.69) is 10.3 Å². The number of nitrogens with one attached hydrogen (secondary N) is 2. The van der Waals surface area contributed by atoms with Crippen molar-refractivity contribution in [1.29, 1.82) is 0 Å². The van der Waals surface area contributed by atoms with Crippen molar-refractivity contribution in [2.24, 2.45) is 0 Å². The van der Waals surface area contributed by atoms with Gasteiger partial charge in [-0.15, -0.1) is 0 Å². The molecule has 3 nitrogen and oxygen atoms in total. The van der Waals surface area contributed by atoms with Crippen molar-refractivity contribution in [1.82, 2.24) is 4.98 Å². The first kappa shape index (κ1) is 6.58. The van der Waals surface area contributed by atoms with Crippen LogP contribution in [-0.4, -0.2) is 18.6 Å². The molecule has 0 fully saturated rings. The minimum Gasteiger partial charge on any atom is -0.490 e. The number of hydrogen-bond acceptors (Lipinski definition) is 2. The van der Waals surface area contributed by atoms with Crippen LogP contribution >= 0.6 is 0 Å². The maximum Gasteiger partial charge on any atom is 0.163 e. The van der Waals surface area contributed by atoms with Crippen LogP contribution in [0.5, 0.6) is 5.75 Å². The topological polar surface area (TPSA) is 37.0 Å². The fraction of sp³-hybridized carbons (Fsp3) is 0.500. The molecule has 1 aromatic rings. The van der Waals surface area contributed by atoms with Crippen molar-refractivity contribution in [3.05, 3.63) is 11.9 Å². The number of anilines is 1. The Morgan fingerprint density at radius 3 is 3.36 bits per heavy atom. The molecule has 2 rings (SSSR count). The molecule has 3 heteroatoms. The molecule has 11 heavy (non-hydrogen) atoms. The number of H-pyrrole nitrogens is 1. The first-order valence-corrected chi connectivity index (χ1v) is 3.92. The second kappa shape index (κ2) is 2.49. The Morgan fingerprint density at radius 2 is 2.55 bits per heavy atom. The number of ether oxygens (including phenoxy) is 1. The molecular weight excluding hydrogens is 140 g/mol. The summed E-state index contributed by atoms with van der Waals surface area (Å²) in [5.74, 6) is 1.01. The minimum absolute atomic E-state index is 0.847. The quantitative estimate of drug-likeness (QED) is 0.638. The summed E-state index contributed by atoms with van der Waals surface area (Å²) in [5.41, 5.74) is 2.29. The molecule has 0 bridgehead atoms. The lowest BCUT2D eigenvalue weighted by molar-refractivity contribution is 0.289. The summed E-state index contributed by atoms with van der Waals surface area (Å²) in [5, 5.41) is 3.08. The molecule has 2 heterocycles. The largest absolute Gasteiger partial charge is 0.490 e. The van der Waals surface area contributed by atoms with Crippen molar-refractivity contribution < 1.29 is 4.74 Å². The minimum atomic E-state index is 0.847. The third-order valence-electron chi connectivity index (χ3n) is 2.00. The van der Waals surface area contributed by atoms with E-state index >= 15 is 0 Å². The van der Waals surface area contributed by atoms with Gasteiger partial charge >= 0.3 is 0 Å². The zero-order chi connectivity index (χ0) is 7.68. The average Bonchev–Trinajstić information content (AvgIpc) is 2.47. The number of aryl methyl sites for hydroxylation is 1. The van der Waals surface area contributed by atoms with Crippen LogP contribution < -0.4 is 10.1 Å². The summed E-state index contributed by atoms with van der Waals surface area (Å²) in [6.07, 6.45) is 4.18. The Morgan fingerprint density at radius 1 is 1.64 bits per heavy atom. The molecular formula is C8H12N2O. The van der Waals surface area contributed by atoms with Crippen LogP contribution in [0.15, 0.2) is 6.20 Å². The highest BCUT2D eigenvalue weighted by Crippen LogP contribution is 2.31. The maximum absolute atomic E-state index is 5.49. The summed E-state index contributed by atoms with van der Waals surface area (Å²) < 4.78 is 5.49. The number of rotatable bonds is 1. The van der Waals surface area contributed by atoms with Gasteiger partial charge in [0.05, 0.1) is 18.0 Å². The third-order valence-corrected chi connectivity index (χ3v) is 2.00. The van der Waals surface area contributed by atoms with Gasteiger partial charge in [0.15, 0.2) is 5.75 Å². The van der Waals surface area contributed by atoms with Crippen molar-refractivity contribution >= 4 is 5.69 Å². The molecule has 0 aliphatic carbocycles. The first-order valence-electron chi connectivity index (χ1n) is 3.92. The fourth-order valence-electron chi connectivity index (χ4n) is 1.41. The lowest BCUT2D eigenvalue weighted by atomic mass is 10.2. The zero-order valence-electron chi connectivity index (χ0n) is 6.61. The normalized spacial score (nSPS) is 15.4. The molecule has 0 unspecified atom stereocenters. The van der Waals surface area contributed by atoms with Crippen molar-refractivity contribution in [2.45, 2.75) is 12.8 Å². The smallest absolute Gasteiger partial charge is 0.163 e. The Kier molecular flexibility index (Phi) is 1.49. The third kappa shape index (κ3) is 0.964. The van der Waals surface area contributed by atoms with Crippen LogP contribution in [0.3, 0.4) is 0 Å². The van der Waals surface area contributed by atoms with Gasteiger partial charge in [0.25, 0.3) is 0 Å². The predicted molar refractivity (Wildman–Crippen MR) is 44.2 cm³/mol. The molecule has 0 saturated carbocycles. The van der Waals surface area contributed by atoms with Crippen molar-refractivity contribution in [3.8, 4) is 5.75 Å². The van der Waals surface area contributed by atoms with Crippen LogP contribution in [0.2, 0.25) is 0 Å². The van der Waals surface area contributed by atoms with Gasteiger partial charge in [0, 0.05) is 13.2 Å². The number of aromatic amines is 1. The highest BCUT2D eigenvalue weighted by molar-refractivity contribution is 5.58. The fourth-order valence-corrected chi connectivity index (χ4v) is 1.41. The summed E-state index contributed by atoms with van der Waals surface area (Å²) in [4.78, 5) is 3.19. The second-order valence-electron chi connectivity index (χ2n) is 2.71. The Hall–Kier alpha value is -1.12. The van der Waals surface area contributed by atoms with Gasteiger partial charge in [0.1, 0.15) is 0 Å². The van der Waals surface area contributed by atoms with E-state index in [9.17, 15) is 0 Å². The van der Waals surface area contributed by atoms with Crippen LogP contribution in [-0.2, 0) is 6.42 Å². The highest BCUT2D eigenvalue weighted by Gasteiger charge is 2.15. The molecule has 0 amide bonds. The molecule has 60 valence electrons. The number of aromatic nitrogens is 1. The average molecular weight is 152 g/mol. The summed E-state index contributed by atoms with van der Waals surface area (Å²) in [6, 6.07) is 0. The van der Waals surface area contributed by atoms with E-state index in [0.717, 1.165) is 30.9 Å². The van der Waals surface area contributed by atoms with E-state index in [0.29, 0.717) is 0 Å². The Bertz CT molecular complexity index is 241. The van der Waals surface area contributed by atoms with Crippen molar-refractivity contribution in [3.63, 3.8) is 0 Å². The van der Waals surface area contributed by atoms with Gasteiger partial charge in [-0.1, -0.05) is 0 Å². The van der Waals surface area contributed by atoms with Crippen LogP contribution in [0.4, 0.5) is 5.69 Å². The highest BCUT2D eigenvalue weighted by atomic mass is 16.5. The van der Waals surface area contributed by atoms with Gasteiger partial charge in [-0.25, -0.2) is 0 Å². The molecule has 1 aliphatic rings. The molecule has 0 radical (unpaired) electrons. The lowest BCUT2D eigenvalue weighted by Crippen LogP contribution is -2.07. The summed E-state index contributed by atoms with van der Waals surface area (Å²) in [6.45, 7) is 0.847. The summed E-state index contributed by atoms with van der Waals surface area (Å²) in [7, 11) is 1.90. The van der Waals surface area contributed by atoms with E-state index in [1.807, 2.05) is 13.2 Å². The second-order valence-corrected chi connectivity index (χ2v) is 2.71. The molecule has 1 aromatic heterocycles. The number of hydrogen-bond donors (Lipinski definition) is 2. The van der Waals surface area contributed by atoms with Crippen molar-refractivity contribution in [2.75, 3.05) is 19.0 Å². The molecule has 0 aromatic carbocycles. The Labute approximate surface area is 65.8 Å². The standard InChI is InChI=1S/C8H12N2O/c1-9-7-5-10-6-3-2-4-11-8(6)7/h5,9-10H,2-4H2,1H3.